The summed E-state index contributed by atoms with van der Waals surface area (Å²) in [6.07, 6.45) is 4.82. The third-order valence-corrected chi connectivity index (χ3v) is 6.03. The summed E-state index contributed by atoms with van der Waals surface area (Å²) in [6.45, 7) is 7.48. The maximum Gasteiger partial charge on any atom is 0.260 e. The van der Waals surface area contributed by atoms with Gasteiger partial charge in [0.25, 0.3) is 5.91 Å². The number of halogens is 1. The molecule has 26 heavy (non-hydrogen) atoms. The minimum absolute atomic E-state index is 0. The van der Waals surface area contributed by atoms with Crippen LogP contribution in [0.3, 0.4) is 0 Å². The first-order valence-corrected chi connectivity index (χ1v) is 9.66. The van der Waals surface area contributed by atoms with Crippen LogP contribution in [0.1, 0.15) is 31.2 Å². The number of amides is 1. The van der Waals surface area contributed by atoms with E-state index in [1.165, 1.54) is 24.9 Å². The number of hydrogen-bond acceptors (Lipinski definition) is 4. The van der Waals surface area contributed by atoms with E-state index in [0.29, 0.717) is 5.41 Å². The number of likely N-dealkylation sites (tertiary alicyclic amines) is 2. The molecule has 1 N–H and O–H groups in total. The van der Waals surface area contributed by atoms with Crippen molar-refractivity contribution in [2.75, 3.05) is 45.9 Å². The fourth-order valence-electron chi connectivity index (χ4n) is 4.52. The van der Waals surface area contributed by atoms with E-state index in [-0.39, 0.29) is 24.9 Å². The van der Waals surface area contributed by atoms with E-state index in [1.807, 2.05) is 17.0 Å². The summed E-state index contributed by atoms with van der Waals surface area (Å²) < 4.78 is 5.91. The number of rotatable bonds is 5. The highest BCUT2D eigenvalue weighted by molar-refractivity contribution is 5.85. The van der Waals surface area contributed by atoms with Crippen molar-refractivity contribution in [1.82, 2.24) is 15.1 Å². The number of hydrogen-bond donors (Lipinski definition) is 1. The first-order chi connectivity index (χ1) is 12.2. The van der Waals surface area contributed by atoms with Crippen LogP contribution in [0.4, 0.5) is 0 Å². The predicted octanol–water partition coefficient (Wildman–Crippen LogP) is 2.30. The molecule has 3 heterocycles. The van der Waals surface area contributed by atoms with Crippen LogP contribution < -0.4 is 10.1 Å². The van der Waals surface area contributed by atoms with E-state index in [2.05, 4.69) is 22.3 Å². The summed E-state index contributed by atoms with van der Waals surface area (Å²) in [5, 5.41) is 3.52. The summed E-state index contributed by atoms with van der Waals surface area (Å²) in [4.78, 5) is 16.7. The largest absolute Gasteiger partial charge is 0.483 e. The molecule has 1 unspecified atom stereocenters. The third-order valence-electron chi connectivity index (χ3n) is 6.03. The maximum absolute atomic E-state index is 12.2. The quantitative estimate of drug-likeness (QED) is 0.852. The van der Waals surface area contributed by atoms with Crippen molar-refractivity contribution in [3.8, 4) is 5.75 Å². The number of carbonyl (C=O) groups is 1. The molecular weight excluding hydrogens is 350 g/mol. The minimum Gasteiger partial charge on any atom is -0.483 e. The van der Waals surface area contributed by atoms with Crippen molar-refractivity contribution < 1.29 is 9.53 Å². The molecule has 4 rings (SSSR count). The van der Waals surface area contributed by atoms with E-state index in [9.17, 15) is 4.79 Å². The number of ether oxygens (including phenoxy) is 1. The van der Waals surface area contributed by atoms with Crippen LogP contribution in [0, 0.1) is 5.41 Å². The molecule has 0 bridgehead atoms. The molecule has 1 aromatic rings. The maximum atomic E-state index is 12.2. The van der Waals surface area contributed by atoms with Gasteiger partial charge in [-0.3, -0.25) is 9.69 Å². The highest BCUT2D eigenvalue weighted by atomic mass is 35.5. The van der Waals surface area contributed by atoms with Gasteiger partial charge in [0, 0.05) is 38.3 Å². The van der Waals surface area contributed by atoms with Gasteiger partial charge in [0.1, 0.15) is 5.75 Å². The monoisotopic (exact) mass is 379 g/mol. The fourth-order valence-corrected chi connectivity index (χ4v) is 4.52. The van der Waals surface area contributed by atoms with Crippen LogP contribution in [0.15, 0.2) is 24.3 Å². The normalized spacial score (nSPS) is 25.6. The molecule has 3 saturated heterocycles. The number of nitrogens with one attached hydrogen (secondary N) is 1. The SMILES string of the molecule is Cl.O=C(COc1ccccc1CN1CCC2(CCNC2)C1)N1CCCC1. The molecular formula is C20H30ClN3O2. The molecule has 0 aliphatic carbocycles. The first kappa shape index (κ1) is 19.5. The zero-order valence-electron chi connectivity index (χ0n) is 15.4. The molecule has 3 aliphatic heterocycles. The van der Waals surface area contributed by atoms with Crippen molar-refractivity contribution in [2.24, 2.45) is 5.41 Å². The van der Waals surface area contributed by atoms with Crippen molar-refractivity contribution in [1.29, 1.82) is 0 Å². The number of carbonyl (C=O) groups excluding carboxylic acids is 1. The standard InChI is InChI=1S/C20H29N3O2.ClH/c24-19(23-10-3-4-11-23)14-25-18-6-2-1-5-17(18)13-22-12-8-20(16-22)7-9-21-15-20;/h1-2,5-6,21H,3-4,7-16H2;1H. The van der Waals surface area contributed by atoms with Crippen molar-refractivity contribution in [3.63, 3.8) is 0 Å². The summed E-state index contributed by atoms with van der Waals surface area (Å²) >= 11 is 0. The van der Waals surface area contributed by atoms with E-state index in [1.54, 1.807) is 0 Å². The average molecular weight is 380 g/mol. The smallest absolute Gasteiger partial charge is 0.260 e. The van der Waals surface area contributed by atoms with Gasteiger partial charge >= 0.3 is 0 Å². The van der Waals surface area contributed by atoms with Gasteiger partial charge in [-0.1, -0.05) is 18.2 Å². The van der Waals surface area contributed by atoms with Crippen LogP contribution in [-0.2, 0) is 11.3 Å². The van der Waals surface area contributed by atoms with E-state index >= 15 is 0 Å². The lowest BCUT2D eigenvalue weighted by Gasteiger charge is -2.23. The number of nitrogens with zero attached hydrogens (tertiary/aromatic N) is 2. The minimum atomic E-state index is 0. The Labute approximate surface area is 162 Å². The van der Waals surface area contributed by atoms with Crippen LogP contribution in [0.2, 0.25) is 0 Å². The molecule has 144 valence electrons. The van der Waals surface area contributed by atoms with Gasteiger partial charge in [0.05, 0.1) is 0 Å². The Morgan fingerprint density at radius 3 is 2.73 bits per heavy atom. The van der Waals surface area contributed by atoms with Gasteiger partial charge in [0.15, 0.2) is 6.61 Å². The zero-order chi connectivity index (χ0) is 17.1. The number of para-hydroxylation sites is 1. The first-order valence-electron chi connectivity index (χ1n) is 9.66. The molecule has 0 aromatic heterocycles. The molecule has 1 atom stereocenters. The average Bonchev–Trinajstić information content (AvgIpc) is 3.38. The Morgan fingerprint density at radius 2 is 1.96 bits per heavy atom. The summed E-state index contributed by atoms with van der Waals surface area (Å²) in [6, 6.07) is 8.18. The van der Waals surface area contributed by atoms with Crippen LogP contribution in [0.25, 0.3) is 0 Å². The molecule has 6 heteroatoms. The van der Waals surface area contributed by atoms with Gasteiger partial charge < -0.3 is 15.0 Å². The second-order valence-corrected chi connectivity index (χ2v) is 7.87. The van der Waals surface area contributed by atoms with Crippen molar-refractivity contribution in [2.45, 2.75) is 32.2 Å². The second-order valence-electron chi connectivity index (χ2n) is 7.87. The molecule has 1 amide bonds. The second kappa shape index (κ2) is 8.59. The lowest BCUT2D eigenvalue weighted by Crippen LogP contribution is -2.32. The summed E-state index contributed by atoms with van der Waals surface area (Å²) in [5.41, 5.74) is 1.68. The lowest BCUT2D eigenvalue weighted by atomic mass is 9.86. The Kier molecular flexibility index (Phi) is 6.43. The third kappa shape index (κ3) is 4.33. The zero-order valence-corrected chi connectivity index (χ0v) is 16.2. The Bertz CT molecular complexity index is 613. The van der Waals surface area contributed by atoms with E-state index in [4.69, 9.17) is 4.74 Å². The topological polar surface area (TPSA) is 44.8 Å². The molecule has 5 nitrogen and oxygen atoms in total. The van der Waals surface area contributed by atoms with Gasteiger partial charge in [-0.2, -0.15) is 0 Å². The Morgan fingerprint density at radius 1 is 1.15 bits per heavy atom. The van der Waals surface area contributed by atoms with Gasteiger partial charge in [-0.05, 0) is 50.3 Å². The molecule has 3 aliphatic rings. The van der Waals surface area contributed by atoms with Crippen LogP contribution >= 0.6 is 12.4 Å². The van der Waals surface area contributed by atoms with Gasteiger partial charge in [-0.25, -0.2) is 0 Å². The molecule has 3 fully saturated rings. The summed E-state index contributed by atoms with van der Waals surface area (Å²) in [5.74, 6) is 0.977. The molecule has 1 spiro atoms. The van der Waals surface area contributed by atoms with Crippen molar-refractivity contribution >= 4 is 18.3 Å². The molecule has 0 saturated carbocycles. The number of benzene rings is 1. The predicted molar refractivity (Wildman–Crippen MR) is 105 cm³/mol. The Balaban J connectivity index is 0.00000196. The molecule has 1 aromatic carbocycles. The van der Waals surface area contributed by atoms with Crippen LogP contribution in [-0.4, -0.2) is 61.6 Å². The Hall–Kier alpha value is -1.30. The highest BCUT2D eigenvalue weighted by Gasteiger charge is 2.40. The van der Waals surface area contributed by atoms with E-state index < -0.39 is 0 Å². The van der Waals surface area contributed by atoms with Gasteiger partial charge in [0.2, 0.25) is 0 Å². The van der Waals surface area contributed by atoms with E-state index in [0.717, 1.165) is 57.9 Å². The highest BCUT2D eigenvalue weighted by Crippen LogP contribution is 2.37. The van der Waals surface area contributed by atoms with Crippen molar-refractivity contribution in [3.05, 3.63) is 29.8 Å². The lowest BCUT2D eigenvalue weighted by molar-refractivity contribution is -0.132. The summed E-state index contributed by atoms with van der Waals surface area (Å²) in [7, 11) is 0. The fraction of sp³-hybridized carbons (Fsp3) is 0.650. The van der Waals surface area contributed by atoms with Gasteiger partial charge in [-0.15, -0.1) is 12.4 Å². The molecule has 0 radical (unpaired) electrons. The van der Waals surface area contributed by atoms with Crippen LogP contribution in [0.5, 0.6) is 5.75 Å².